The molecular formula is C15H19FN2O3. The van der Waals surface area contributed by atoms with Gasteiger partial charge in [0.25, 0.3) is 0 Å². The molecule has 1 atom stereocenters. The zero-order chi connectivity index (χ0) is 15.4. The Kier molecular flexibility index (Phi) is 4.90. The van der Waals surface area contributed by atoms with Crippen LogP contribution in [0.4, 0.5) is 10.1 Å². The number of amides is 1. The molecule has 0 aliphatic carbocycles. The van der Waals surface area contributed by atoms with Crippen molar-refractivity contribution in [2.45, 2.75) is 19.9 Å². The van der Waals surface area contributed by atoms with Crippen molar-refractivity contribution in [2.24, 2.45) is 0 Å². The minimum Gasteiger partial charge on any atom is -0.465 e. The molecule has 1 saturated heterocycles. The molecule has 1 fully saturated rings. The van der Waals surface area contributed by atoms with Gasteiger partial charge in [0.05, 0.1) is 19.2 Å². The number of esters is 1. The smallest absolute Gasteiger partial charge is 0.320 e. The molecule has 1 heterocycles. The number of hydrogen-bond acceptors (Lipinski definition) is 4. The lowest BCUT2D eigenvalue weighted by molar-refractivity contribution is -0.145. The zero-order valence-corrected chi connectivity index (χ0v) is 12.2. The number of hydrogen-bond donors (Lipinski definition) is 0. The Hall–Kier alpha value is -1.95. The van der Waals surface area contributed by atoms with E-state index in [-0.39, 0.29) is 24.2 Å². The third-order valence-electron chi connectivity index (χ3n) is 3.54. The van der Waals surface area contributed by atoms with Gasteiger partial charge in [0.1, 0.15) is 5.82 Å². The van der Waals surface area contributed by atoms with Crippen LogP contribution in [0.15, 0.2) is 24.3 Å². The molecule has 0 N–H and O–H groups in total. The van der Waals surface area contributed by atoms with Crippen molar-refractivity contribution in [2.75, 3.05) is 31.1 Å². The van der Waals surface area contributed by atoms with Gasteiger partial charge in [0.2, 0.25) is 5.91 Å². The SMILES string of the molecule is CCOC(=O)CN1CCN(c2cccc(F)c2)C(=O)[C@H]1C. The van der Waals surface area contributed by atoms with Crippen LogP contribution in [0, 0.1) is 5.82 Å². The predicted molar refractivity (Wildman–Crippen MR) is 76.4 cm³/mol. The molecular weight excluding hydrogens is 275 g/mol. The third kappa shape index (κ3) is 3.58. The number of carbonyl (C=O) groups excluding carboxylic acids is 2. The molecule has 1 amide bonds. The van der Waals surface area contributed by atoms with Crippen molar-refractivity contribution in [1.82, 2.24) is 4.90 Å². The summed E-state index contributed by atoms with van der Waals surface area (Å²) < 4.78 is 18.2. The number of nitrogens with zero attached hydrogens (tertiary/aromatic N) is 2. The van der Waals surface area contributed by atoms with Crippen molar-refractivity contribution in [1.29, 1.82) is 0 Å². The summed E-state index contributed by atoms with van der Waals surface area (Å²) in [6.45, 7) is 4.87. The molecule has 0 spiro atoms. The normalized spacial score (nSPS) is 19.7. The highest BCUT2D eigenvalue weighted by Crippen LogP contribution is 2.21. The van der Waals surface area contributed by atoms with Crippen molar-refractivity contribution >= 4 is 17.6 Å². The molecule has 1 aromatic rings. The molecule has 5 nitrogen and oxygen atoms in total. The summed E-state index contributed by atoms with van der Waals surface area (Å²) in [7, 11) is 0. The zero-order valence-electron chi connectivity index (χ0n) is 12.2. The molecule has 1 aliphatic rings. The summed E-state index contributed by atoms with van der Waals surface area (Å²) in [6, 6.07) is 5.52. The highest BCUT2D eigenvalue weighted by atomic mass is 19.1. The Morgan fingerprint density at radius 3 is 2.86 bits per heavy atom. The van der Waals surface area contributed by atoms with E-state index in [0.29, 0.717) is 25.4 Å². The van der Waals surface area contributed by atoms with E-state index in [4.69, 9.17) is 4.74 Å². The van der Waals surface area contributed by atoms with Gasteiger partial charge in [-0.1, -0.05) is 6.07 Å². The summed E-state index contributed by atoms with van der Waals surface area (Å²) in [5.74, 6) is -0.852. The maximum atomic E-state index is 13.3. The molecule has 114 valence electrons. The van der Waals surface area contributed by atoms with E-state index in [1.165, 1.54) is 12.1 Å². The second-order valence-electron chi connectivity index (χ2n) is 4.92. The van der Waals surface area contributed by atoms with Crippen LogP contribution in [-0.4, -0.2) is 49.1 Å². The van der Waals surface area contributed by atoms with Gasteiger partial charge in [-0.05, 0) is 32.0 Å². The van der Waals surface area contributed by atoms with E-state index in [9.17, 15) is 14.0 Å². The topological polar surface area (TPSA) is 49.9 Å². The minimum absolute atomic E-state index is 0.0950. The maximum Gasteiger partial charge on any atom is 0.320 e. The number of benzene rings is 1. The largest absolute Gasteiger partial charge is 0.465 e. The maximum absolute atomic E-state index is 13.3. The Morgan fingerprint density at radius 1 is 1.43 bits per heavy atom. The molecule has 0 aromatic heterocycles. The standard InChI is InChI=1S/C15H19FN2O3/c1-3-21-14(19)10-17-7-8-18(15(20)11(17)2)13-6-4-5-12(16)9-13/h4-6,9,11H,3,7-8,10H2,1-2H3/t11-/m1/s1. The molecule has 0 unspecified atom stereocenters. The van der Waals surface area contributed by atoms with E-state index in [2.05, 4.69) is 0 Å². The first kappa shape index (κ1) is 15.4. The first-order chi connectivity index (χ1) is 10.0. The Balaban J connectivity index is 2.06. The molecule has 1 aromatic carbocycles. The lowest BCUT2D eigenvalue weighted by atomic mass is 10.1. The molecule has 0 saturated carbocycles. The number of anilines is 1. The van der Waals surface area contributed by atoms with Crippen LogP contribution in [0.25, 0.3) is 0 Å². The van der Waals surface area contributed by atoms with Gasteiger partial charge >= 0.3 is 5.97 Å². The van der Waals surface area contributed by atoms with Crippen molar-refractivity contribution in [3.8, 4) is 0 Å². The number of rotatable bonds is 4. The Morgan fingerprint density at radius 2 is 2.19 bits per heavy atom. The number of ether oxygens (including phenoxy) is 1. The lowest BCUT2D eigenvalue weighted by Crippen LogP contribution is -2.57. The quantitative estimate of drug-likeness (QED) is 0.788. The molecule has 0 bridgehead atoms. The molecule has 6 heteroatoms. The van der Waals surface area contributed by atoms with Crippen LogP contribution in [0.3, 0.4) is 0 Å². The van der Waals surface area contributed by atoms with Crippen LogP contribution in [0.2, 0.25) is 0 Å². The van der Waals surface area contributed by atoms with Crippen LogP contribution in [0.5, 0.6) is 0 Å². The number of piperazine rings is 1. The summed E-state index contributed by atoms with van der Waals surface area (Å²) in [5, 5.41) is 0. The van der Waals surface area contributed by atoms with Gasteiger partial charge in [0.15, 0.2) is 0 Å². The summed E-state index contributed by atoms with van der Waals surface area (Å²) >= 11 is 0. The average molecular weight is 294 g/mol. The van der Waals surface area contributed by atoms with Crippen molar-refractivity contribution in [3.63, 3.8) is 0 Å². The summed E-state index contributed by atoms with van der Waals surface area (Å²) in [6.07, 6.45) is 0. The predicted octanol–water partition coefficient (Wildman–Crippen LogP) is 1.43. The van der Waals surface area contributed by atoms with E-state index in [1.807, 2.05) is 0 Å². The number of halogens is 1. The van der Waals surface area contributed by atoms with Crippen LogP contribution in [-0.2, 0) is 14.3 Å². The minimum atomic E-state index is -0.438. The molecule has 2 rings (SSSR count). The van der Waals surface area contributed by atoms with Crippen LogP contribution < -0.4 is 4.90 Å². The fourth-order valence-corrected chi connectivity index (χ4v) is 2.40. The second kappa shape index (κ2) is 6.67. The third-order valence-corrected chi connectivity index (χ3v) is 3.54. The molecule has 0 radical (unpaired) electrons. The summed E-state index contributed by atoms with van der Waals surface area (Å²) in [5.41, 5.74) is 0.544. The van der Waals surface area contributed by atoms with E-state index in [1.54, 1.807) is 35.8 Å². The average Bonchev–Trinajstić information content (AvgIpc) is 2.44. The van der Waals surface area contributed by atoms with Crippen LogP contribution >= 0.6 is 0 Å². The second-order valence-corrected chi connectivity index (χ2v) is 4.92. The first-order valence-corrected chi connectivity index (χ1v) is 6.99. The first-order valence-electron chi connectivity index (χ1n) is 6.99. The number of carbonyl (C=O) groups is 2. The Bertz CT molecular complexity index is 535. The lowest BCUT2D eigenvalue weighted by Gasteiger charge is -2.38. The van der Waals surface area contributed by atoms with Gasteiger partial charge in [-0.25, -0.2) is 4.39 Å². The molecule has 21 heavy (non-hydrogen) atoms. The van der Waals surface area contributed by atoms with Gasteiger partial charge in [-0.15, -0.1) is 0 Å². The van der Waals surface area contributed by atoms with Crippen molar-refractivity contribution < 1.29 is 18.7 Å². The van der Waals surface area contributed by atoms with Crippen molar-refractivity contribution in [3.05, 3.63) is 30.1 Å². The van der Waals surface area contributed by atoms with E-state index < -0.39 is 6.04 Å². The van der Waals surface area contributed by atoms with E-state index >= 15 is 0 Å². The highest BCUT2D eigenvalue weighted by molar-refractivity contribution is 5.98. The molecule has 1 aliphatic heterocycles. The van der Waals surface area contributed by atoms with Gasteiger partial charge in [0, 0.05) is 18.8 Å². The van der Waals surface area contributed by atoms with Crippen LogP contribution in [0.1, 0.15) is 13.8 Å². The van der Waals surface area contributed by atoms with Gasteiger partial charge in [-0.3, -0.25) is 14.5 Å². The Labute approximate surface area is 123 Å². The fourth-order valence-electron chi connectivity index (χ4n) is 2.40. The van der Waals surface area contributed by atoms with Gasteiger partial charge < -0.3 is 9.64 Å². The highest BCUT2D eigenvalue weighted by Gasteiger charge is 2.33. The van der Waals surface area contributed by atoms with E-state index in [0.717, 1.165) is 0 Å². The van der Waals surface area contributed by atoms with Gasteiger partial charge in [-0.2, -0.15) is 0 Å². The fraction of sp³-hybridized carbons (Fsp3) is 0.467. The summed E-state index contributed by atoms with van der Waals surface area (Å²) in [4.78, 5) is 27.2. The monoisotopic (exact) mass is 294 g/mol.